The molecule has 0 aromatic carbocycles. The van der Waals surface area contributed by atoms with E-state index in [2.05, 4.69) is 5.32 Å². The first-order valence-electron chi connectivity index (χ1n) is 5.19. The van der Waals surface area contributed by atoms with Crippen molar-refractivity contribution in [2.45, 2.75) is 38.5 Å². The molecule has 1 saturated carbocycles. The second kappa shape index (κ2) is 5.62. The van der Waals surface area contributed by atoms with E-state index in [4.69, 9.17) is 5.11 Å². The highest BCUT2D eigenvalue weighted by molar-refractivity contribution is 5.80. The lowest BCUT2D eigenvalue weighted by Crippen LogP contribution is -2.25. The molecule has 1 fully saturated rings. The Morgan fingerprint density at radius 2 is 1.93 bits per heavy atom. The standard InChI is InChI=1S/C10H17NO3/c12-9(13)4-2-1-3-7-11-10(14)8-5-6-8/h8H,1-7H2,(H,11,14)(H,12,13). The van der Waals surface area contributed by atoms with E-state index >= 15 is 0 Å². The van der Waals surface area contributed by atoms with E-state index in [1.54, 1.807) is 0 Å². The van der Waals surface area contributed by atoms with Gasteiger partial charge in [0.25, 0.3) is 0 Å². The van der Waals surface area contributed by atoms with Gasteiger partial charge in [0.1, 0.15) is 0 Å². The molecule has 0 unspecified atom stereocenters. The molecule has 0 heterocycles. The molecule has 4 nitrogen and oxygen atoms in total. The van der Waals surface area contributed by atoms with Gasteiger partial charge in [0, 0.05) is 18.9 Å². The van der Waals surface area contributed by atoms with Crippen molar-refractivity contribution in [2.75, 3.05) is 6.54 Å². The van der Waals surface area contributed by atoms with Crippen LogP contribution in [0.4, 0.5) is 0 Å². The quantitative estimate of drug-likeness (QED) is 0.604. The summed E-state index contributed by atoms with van der Waals surface area (Å²) in [5.41, 5.74) is 0. The van der Waals surface area contributed by atoms with E-state index < -0.39 is 5.97 Å². The molecule has 0 atom stereocenters. The number of carbonyl (C=O) groups excluding carboxylic acids is 1. The maximum absolute atomic E-state index is 11.1. The van der Waals surface area contributed by atoms with Crippen molar-refractivity contribution in [3.63, 3.8) is 0 Å². The number of unbranched alkanes of at least 4 members (excludes halogenated alkanes) is 2. The number of hydrogen-bond acceptors (Lipinski definition) is 2. The molecule has 4 heteroatoms. The maximum Gasteiger partial charge on any atom is 0.303 e. The summed E-state index contributed by atoms with van der Waals surface area (Å²) in [5, 5.41) is 11.2. The van der Waals surface area contributed by atoms with Crippen LogP contribution in [0.1, 0.15) is 38.5 Å². The van der Waals surface area contributed by atoms with Gasteiger partial charge in [-0.2, -0.15) is 0 Å². The molecule has 0 aromatic rings. The van der Waals surface area contributed by atoms with Gasteiger partial charge in [0.05, 0.1) is 0 Å². The Morgan fingerprint density at radius 1 is 1.21 bits per heavy atom. The molecule has 1 aliphatic rings. The molecule has 14 heavy (non-hydrogen) atoms. The number of nitrogens with one attached hydrogen (secondary N) is 1. The van der Waals surface area contributed by atoms with Crippen LogP contribution in [-0.4, -0.2) is 23.5 Å². The Kier molecular flexibility index (Phi) is 4.43. The zero-order chi connectivity index (χ0) is 10.4. The topological polar surface area (TPSA) is 66.4 Å². The minimum Gasteiger partial charge on any atom is -0.481 e. The minimum atomic E-state index is -0.744. The number of carboxylic acid groups (broad SMARTS) is 1. The second-order valence-electron chi connectivity index (χ2n) is 3.77. The van der Waals surface area contributed by atoms with Gasteiger partial charge in [0.2, 0.25) is 5.91 Å². The lowest BCUT2D eigenvalue weighted by Gasteiger charge is -2.02. The molecular formula is C10H17NO3. The summed E-state index contributed by atoms with van der Waals surface area (Å²) in [6.45, 7) is 0.689. The molecule has 0 aromatic heterocycles. The fourth-order valence-electron chi connectivity index (χ4n) is 1.28. The molecule has 1 rings (SSSR count). The molecule has 1 aliphatic carbocycles. The Balaban J connectivity index is 1.84. The summed E-state index contributed by atoms with van der Waals surface area (Å²) >= 11 is 0. The summed E-state index contributed by atoms with van der Waals surface area (Å²) in [6.07, 6.45) is 4.75. The van der Waals surface area contributed by atoms with E-state index in [-0.39, 0.29) is 18.2 Å². The average molecular weight is 199 g/mol. The van der Waals surface area contributed by atoms with Crippen molar-refractivity contribution in [3.8, 4) is 0 Å². The summed E-state index contributed by atoms with van der Waals surface area (Å²) in [4.78, 5) is 21.3. The van der Waals surface area contributed by atoms with Crippen LogP contribution >= 0.6 is 0 Å². The molecule has 0 aliphatic heterocycles. The van der Waals surface area contributed by atoms with Crippen LogP contribution in [0.15, 0.2) is 0 Å². The van der Waals surface area contributed by atoms with Crippen LogP contribution in [0.3, 0.4) is 0 Å². The third-order valence-corrected chi connectivity index (χ3v) is 2.31. The first-order chi connectivity index (χ1) is 6.70. The number of carbonyl (C=O) groups is 2. The lowest BCUT2D eigenvalue weighted by atomic mass is 10.2. The highest BCUT2D eigenvalue weighted by Gasteiger charge is 2.28. The van der Waals surface area contributed by atoms with E-state index in [9.17, 15) is 9.59 Å². The van der Waals surface area contributed by atoms with Crippen molar-refractivity contribution in [1.29, 1.82) is 0 Å². The lowest BCUT2D eigenvalue weighted by molar-refractivity contribution is -0.137. The molecular weight excluding hydrogens is 182 g/mol. The molecule has 0 radical (unpaired) electrons. The van der Waals surface area contributed by atoms with Gasteiger partial charge in [0.15, 0.2) is 0 Å². The molecule has 0 bridgehead atoms. The van der Waals surface area contributed by atoms with Crippen molar-refractivity contribution in [1.82, 2.24) is 5.32 Å². The Labute approximate surface area is 83.7 Å². The predicted octanol–water partition coefficient (Wildman–Crippen LogP) is 1.16. The summed E-state index contributed by atoms with van der Waals surface area (Å²) in [5.74, 6) is -0.302. The van der Waals surface area contributed by atoms with E-state index in [0.29, 0.717) is 13.0 Å². The van der Waals surface area contributed by atoms with Gasteiger partial charge in [-0.05, 0) is 25.7 Å². The van der Waals surface area contributed by atoms with Crippen LogP contribution in [0.5, 0.6) is 0 Å². The van der Waals surface area contributed by atoms with E-state index in [1.807, 2.05) is 0 Å². The fourth-order valence-corrected chi connectivity index (χ4v) is 1.28. The normalized spacial score (nSPS) is 15.1. The van der Waals surface area contributed by atoms with Crippen LogP contribution in [-0.2, 0) is 9.59 Å². The minimum absolute atomic E-state index is 0.170. The number of rotatable bonds is 7. The third-order valence-electron chi connectivity index (χ3n) is 2.31. The molecule has 1 amide bonds. The van der Waals surface area contributed by atoms with Crippen LogP contribution in [0.2, 0.25) is 0 Å². The van der Waals surface area contributed by atoms with Crippen LogP contribution in [0.25, 0.3) is 0 Å². The van der Waals surface area contributed by atoms with E-state index in [0.717, 1.165) is 25.7 Å². The summed E-state index contributed by atoms with van der Waals surface area (Å²) < 4.78 is 0. The van der Waals surface area contributed by atoms with Crippen molar-refractivity contribution >= 4 is 11.9 Å². The number of hydrogen-bond donors (Lipinski definition) is 2. The smallest absolute Gasteiger partial charge is 0.303 e. The number of carboxylic acids is 1. The Bertz CT molecular complexity index is 211. The third kappa shape index (κ3) is 4.84. The second-order valence-corrected chi connectivity index (χ2v) is 3.77. The summed E-state index contributed by atoms with van der Waals surface area (Å²) in [6, 6.07) is 0. The van der Waals surface area contributed by atoms with Gasteiger partial charge in [-0.3, -0.25) is 9.59 Å². The molecule has 0 spiro atoms. The monoisotopic (exact) mass is 199 g/mol. The molecule has 0 saturated heterocycles. The fraction of sp³-hybridized carbons (Fsp3) is 0.800. The summed E-state index contributed by atoms with van der Waals surface area (Å²) in [7, 11) is 0. The van der Waals surface area contributed by atoms with Gasteiger partial charge in [-0.25, -0.2) is 0 Å². The Morgan fingerprint density at radius 3 is 2.50 bits per heavy atom. The number of aliphatic carboxylic acids is 1. The highest BCUT2D eigenvalue weighted by Crippen LogP contribution is 2.28. The van der Waals surface area contributed by atoms with Crippen LogP contribution < -0.4 is 5.32 Å². The molecule has 2 N–H and O–H groups in total. The largest absolute Gasteiger partial charge is 0.481 e. The van der Waals surface area contributed by atoms with Gasteiger partial charge in [-0.15, -0.1) is 0 Å². The zero-order valence-electron chi connectivity index (χ0n) is 8.29. The maximum atomic E-state index is 11.1. The van der Waals surface area contributed by atoms with Crippen LogP contribution in [0, 0.1) is 5.92 Å². The first kappa shape index (κ1) is 11.0. The van der Waals surface area contributed by atoms with E-state index in [1.165, 1.54) is 0 Å². The SMILES string of the molecule is O=C(O)CCCCCNC(=O)C1CC1. The number of amides is 1. The van der Waals surface area contributed by atoms with Crippen molar-refractivity contribution in [3.05, 3.63) is 0 Å². The first-order valence-corrected chi connectivity index (χ1v) is 5.19. The molecule has 80 valence electrons. The highest BCUT2D eigenvalue weighted by atomic mass is 16.4. The van der Waals surface area contributed by atoms with Crippen molar-refractivity contribution < 1.29 is 14.7 Å². The van der Waals surface area contributed by atoms with Crippen molar-refractivity contribution in [2.24, 2.45) is 5.92 Å². The van der Waals surface area contributed by atoms with Gasteiger partial charge < -0.3 is 10.4 Å². The van der Waals surface area contributed by atoms with Gasteiger partial charge in [-0.1, -0.05) is 6.42 Å². The predicted molar refractivity (Wildman–Crippen MR) is 51.8 cm³/mol. The Hall–Kier alpha value is -1.06. The van der Waals surface area contributed by atoms with Gasteiger partial charge >= 0.3 is 5.97 Å². The average Bonchev–Trinajstić information content (AvgIpc) is 2.92. The zero-order valence-corrected chi connectivity index (χ0v) is 8.29.